The van der Waals surface area contributed by atoms with E-state index in [0.717, 1.165) is 54.2 Å². The molecule has 1 aliphatic rings. The highest BCUT2D eigenvalue weighted by Crippen LogP contribution is 2.25. The molecule has 154 valence electrons. The smallest absolute Gasteiger partial charge is 0.225 e. The summed E-state index contributed by atoms with van der Waals surface area (Å²) in [6.45, 7) is 2.54. The van der Waals surface area contributed by atoms with Crippen molar-refractivity contribution in [3.05, 3.63) is 107 Å². The van der Waals surface area contributed by atoms with E-state index in [0.29, 0.717) is 0 Å². The van der Waals surface area contributed by atoms with E-state index in [4.69, 9.17) is 11.6 Å². The van der Waals surface area contributed by atoms with Gasteiger partial charge in [-0.2, -0.15) is 0 Å². The molecule has 1 aliphatic heterocycles. The number of carbonyl (C=O) groups is 1. The summed E-state index contributed by atoms with van der Waals surface area (Å²) in [5.74, 6) is 0.104. The summed E-state index contributed by atoms with van der Waals surface area (Å²) in [6.07, 6.45) is 1.94. The predicted octanol–water partition coefficient (Wildman–Crippen LogP) is 5.46. The molecular formula is C26H27ClN2O. The monoisotopic (exact) mass is 418 g/mol. The highest BCUT2D eigenvalue weighted by molar-refractivity contribution is 6.31. The van der Waals surface area contributed by atoms with Crippen LogP contribution in [0.2, 0.25) is 5.02 Å². The molecule has 1 amide bonds. The van der Waals surface area contributed by atoms with Crippen LogP contribution in [0.4, 0.5) is 0 Å². The summed E-state index contributed by atoms with van der Waals surface area (Å²) in [4.78, 5) is 15.6. The number of nitrogens with one attached hydrogen (secondary N) is 1. The fourth-order valence-electron chi connectivity index (χ4n) is 4.19. The third-order valence-electron chi connectivity index (χ3n) is 5.78. The molecule has 0 unspecified atom stereocenters. The minimum atomic E-state index is -0.140. The minimum Gasteiger partial charge on any atom is -0.345 e. The molecule has 0 aliphatic carbocycles. The number of nitrogens with zero attached hydrogens (tertiary/aromatic N) is 1. The molecule has 3 nitrogen and oxygen atoms in total. The molecule has 1 fully saturated rings. The second kappa shape index (κ2) is 9.92. The molecule has 0 saturated carbocycles. The van der Waals surface area contributed by atoms with Crippen LogP contribution in [0.3, 0.4) is 0 Å². The Morgan fingerprint density at radius 1 is 0.933 bits per heavy atom. The van der Waals surface area contributed by atoms with Crippen LogP contribution in [0.25, 0.3) is 0 Å². The van der Waals surface area contributed by atoms with Gasteiger partial charge in [0.25, 0.3) is 0 Å². The lowest BCUT2D eigenvalue weighted by molar-refractivity contribution is -0.127. The van der Waals surface area contributed by atoms with Crippen molar-refractivity contribution in [2.75, 3.05) is 13.1 Å². The van der Waals surface area contributed by atoms with Crippen molar-refractivity contribution in [3.63, 3.8) is 0 Å². The molecule has 4 rings (SSSR count). The number of likely N-dealkylation sites (tertiary alicyclic amines) is 1. The fourth-order valence-corrected chi connectivity index (χ4v) is 4.39. The summed E-state index contributed by atoms with van der Waals surface area (Å²) in [5, 5.41) is 4.11. The number of piperidine rings is 1. The molecule has 0 bridgehead atoms. The van der Waals surface area contributed by atoms with Gasteiger partial charge in [0.2, 0.25) is 5.91 Å². The van der Waals surface area contributed by atoms with E-state index in [9.17, 15) is 4.79 Å². The predicted molar refractivity (Wildman–Crippen MR) is 122 cm³/mol. The Morgan fingerprint density at radius 3 is 2.17 bits per heavy atom. The number of rotatable bonds is 6. The van der Waals surface area contributed by atoms with Gasteiger partial charge in [-0.15, -0.1) is 0 Å². The van der Waals surface area contributed by atoms with Crippen LogP contribution in [0.15, 0.2) is 84.9 Å². The van der Waals surface area contributed by atoms with E-state index in [1.165, 1.54) is 0 Å². The number of carbonyl (C=O) groups excluding carboxylic acids is 1. The quantitative estimate of drug-likeness (QED) is 0.576. The van der Waals surface area contributed by atoms with Crippen molar-refractivity contribution in [2.24, 2.45) is 5.92 Å². The molecule has 1 N–H and O–H groups in total. The minimum absolute atomic E-state index is 0.0174. The second-order valence-electron chi connectivity index (χ2n) is 7.93. The lowest BCUT2D eigenvalue weighted by Crippen LogP contribution is -2.43. The highest BCUT2D eigenvalue weighted by atomic mass is 35.5. The zero-order chi connectivity index (χ0) is 20.8. The van der Waals surface area contributed by atoms with Crippen LogP contribution in [0.1, 0.15) is 35.6 Å². The molecule has 0 radical (unpaired) electrons. The lowest BCUT2D eigenvalue weighted by atomic mass is 9.94. The van der Waals surface area contributed by atoms with Gasteiger partial charge in [-0.3, -0.25) is 9.69 Å². The number of amides is 1. The number of hydrogen-bond acceptors (Lipinski definition) is 2. The first kappa shape index (κ1) is 20.6. The fraction of sp³-hybridized carbons (Fsp3) is 0.269. The van der Waals surface area contributed by atoms with Crippen LogP contribution in [0, 0.1) is 5.92 Å². The Hall–Kier alpha value is -2.62. The van der Waals surface area contributed by atoms with Gasteiger partial charge in [-0.05, 0) is 42.1 Å². The Morgan fingerprint density at radius 2 is 1.53 bits per heavy atom. The maximum Gasteiger partial charge on any atom is 0.225 e. The van der Waals surface area contributed by atoms with Crippen molar-refractivity contribution in [3.8, 4) is 0 Å². The summed E-state index contributed by atoms with van der Waals surface area (Å²) >= 11 is 6.34. The van der Waals surface area contributed by atoms with Gasteiger partial charge in [0.15, 0.2) is 0 Å². The van der Waals surface area contributed by atoms with Crippen molar-refractivity contribution in [1.29, 1.82) is 0 Å². The van der Waals surface area contributed by atoms with Gasteiger partial charge >= 0.3 is 0 Å². The van der Waals surface area contributed by atoms with Gasteiger partial charge < -0.3 is 5.32 Å². The van der Waals surface area contributed by atoms with Crippen LogP contribution in [0.5, 0.6) is 0 Å². The molecule has 1 atom stereocenters. The van der Waals surface area contributed by atoms with Crippen molar-refractivity contribution < 1.29 is 4.79 Å². The van der Waals surface area contributed by atoms with Gasteiger partial charge in [0.1, 0.15) is 0 Å². The van der Waals surface area contributed by atoms with Crippen LogP contribution < -0.4 is 5.32 Å². The molecule has 1 heterocycles. The molecule has 0 aromatic heterocycles. The normalized spacial score (nSPS) is 17.1. The van der Waals surface area contributed by atoms with Gasteiger partial charge in [0.05, 0.1) is 12.0 Å². The van der Waals surface area contributed by atoms with Gasteiger partial charge in [-0.1, -0.05) is 90.5 Å². The summed E-state index contributed by atoms with van der Waals surface area (Å²) in [5.41, 5.74) is 3.31. The molecule has 3 aromatic carbocycles. The van der Waals surface area contributed by atoms with Crippen LogP contribution in [-0.4, -0.2) is 23.9 Å². The van der Waals surface area contributed by atoms with E-state index >= 15 is 0 Å². The maximum absolute atomic E-state index is 13.3. The molecule has 4 heteroatoms. The average Bonchev–Trinajstić information content (AvgIpc) is 2.80. The molecule has 30 heavy (non-hydrogen) atoms. The summed E-state index contributed by atoms with van der Waals surface area (Å²) in [6, 6.07) is 28.2. The molecule has 1 saturated heterocycles. The van der Waals surface area contributed by atoms with Crippen LogP contribution in [-0.2, 0) is 11.3 Å². The Kier molecular flexibility index (Phi) is 6.83. The number of halogens is 1. The largest absolute Gasteiger partial charge is 0.345 e. The Balaban J connectivity index is 1.46. The van der Waals surface area contributed by atoms with E-state index < -0.39 is 0 Å². The molecule has 3 aromatic rings. The second-order valence-corrected chi connectivity index (χ2v) is 8.34. The van der Waals surface area contributed by atoms with Crippen molar-refractivity contribution in [1.82, 2.24) is 10.2 Å². The van der Waals surface area contributed by atoms with E-state index in [2.05, 4.69) is 40.5 Å². The van der Waals surface area contributed by atoms with Crippen molar-refractivity contribution in [2.45, 2.75) is 25.4 Å². The SMILES string of the molecule is O=C(NC(c1ccccc1)c1ccccc1)[C@@H]1CCCN(Cc2ccccc2Cl)C1. The van der Waals surface area contributed by atoms with E-state index in [1.54, 1.807) is 0 Å². The third-order valence-corrected chi connectivity index (χ3v) is 6.15. The zero-order valence-corrected chi connectivity index (χ0v) is 17.8. The van der Waals surface area contributed by atoms with E-state index in [-0.39, 0.29) is 17.9 Å². The zero-order valence-electron chi connectivity index (χ0n) is 17.0. The topological polar surface area (TPSA) is 32.3 Å². The number of benzene rings is 3. The van der Waals surface area contributed by atoms with E-state index in [1.807, 2.05) is 54.6 Å². The first-order valence-electron chi connectivity index (χ1n) is 10.6. The van der Waals surface area contributed by atoms with Gasteiger partial charge in [-0.25, -0.2) is 0 Å². The van der Waals surface area contributed by atoms with Gasteiger partial charge in [0, 0.05) is 18.1 Å². The average molecular weight is 419 g/mol. The highest BCUT2D eigenvalue weighted by Gasteiger charge is 2.28. The first-order valence-corrected chi connectivity index (χ1v) is 10.9. The Bertz CT molecular complexity index is 922. The summed E-state index contributed by atoms with van der Waals surface area (Å²) in [7, 11) is 0. The Labute approximate surface area is 183 Å². The first-order chi connectivity index (χ1) is 14.7. The standard InChI is InChI=1S/C26H27ClN2O/c27-24-16-8-7-14-22(24)18-29-17-9-15-23(19-29)26(30)28-25(20-10-3-1-4-11-20)21-12-5-2-6-13-21/h1-8,10-14,16,23,25H,9,15,17-19H2,(H,28,30)/t23-/m1/s1. The lowest BCUT2D eigenvalue weighted by Gasteiger charge is -2.33. The maximum atomic E-state index is 13.3. The van der Waals surface area contributed by atoms with Crippen LogP contribution >= 0.6 is 11.6 Å². The number of hydrogen-bond donors (Lipinski definition) is 1. The molecule has 0 spiro atoms. The third kappa shape index (κ3) is 5.10. The van der Waals surface area contributed by atoms with Crippen molar-refractivity contribution >= 4 is 17.5 Å². The summed E-state index contributed by atoms with van der Waals surface area (Å²) < 4.78 is 0. The molecular weight excluding hydrogens is 392 g/mol.